The fraction of sp³-hybridized carbons (Fsp3) is 0.381. The Labute approximate surface area is 159 Å². The summed E-state index contributed by atoms with van der Waals surface area (Å²) in [4.78, 5) is 27.7. The molecule has 0 saturated carbocycles. The zero-order valence-corrected chi connectivity index (χ0v) is 15.6. The van der Waals surface area contributed by atoms with Crippen molar-refractivity contribution in [3.05, 3.63) is 53.9 Å². The van der Waals surface area contributed by atoms with Gasteiger partial charge in [0.15, 0.2) is 0 Å². The molecule has 1 aliphatic rings. The average molecular weight is 366 g/mol. The molecule has 0 aliphatic carbocycles. The third-order valence-corrected chi connectivity index (χ3v) is 4.67. The van der Waals surface area contributed by atoms with Gasteiger partial charge in [-0.15, -0.1) is 0 Å². The molecule has 2 aromatic rings. The van der Waals surface area contributed by atoms with Crippen molar-refractivity contribution in [2.24, 2.45) is 5.92 Å². The van der Waals surface area contributed by atoms with E-state index >= 15 is 0 Å². The van der Waals surface area contributed by atoms with Crippen molar-refractivity contribution in [3.8, 4) is 0 Å². The predicted molar refractivity (Wildman–Crippen MR) is 106 cm³/mol. The highest BCUT2D eigenvalue weighted by Crippen LogP contribution is 2.17. The number of nitrogens with one attached hydrogen (secondary N) is 3. The van der Waals surface area contributed by atoms with Crippen LogP contribution in [0.4, 0.5) is 11.4 Å². The minimum absolute atomic E-state index is 0.0570. The number of anilines is 2. The molecule has 1 aromatic heterocycles. The molecule has 1 saturated heterocycles. The van der Waals surface area contributed by atoms with Crippen LogP contribution in [0.5, 0.6) is 0 Å². The van der Waals surface area contributed by atoms with Gasteiger partial charge in [-0.25, -0.2) is 0 Å². The maximum atomic E-state index is 12.0. The van der Waals surface area contributed by atoms with Crippen molar-refractivity contribution in [3.63, 3.8) is 0 Å². The third kappa shape index (κ3) is 5.54. The molecular weight excluding hydrogens is 340 g/mol. The van der Waals surface area contributed by atoms with Crippen LogP contribution in [-0.2, 0) is 22.6 Å². The lowest BCUT2D eigenvalue weighted by atomic mass is 10.1. The van der Waals surface area contributed by atoms with Crippen LogP contribution in [0.1, 0.15) is 37.4 Å². The van der Waals surface area contributed by atoms with E-state index in [1.807, 2.05) is 36.5 Å². The number of aromatic nitrogens is 1. The smallest absolute Gasteiger partial charge is 0.225 e. The summed E-state index contributed by atoms with van der Waals surface area (Å²) in [5.41, 5.74) is 4.06. The highest BCUT2D eigenvalue weighted by molar-refractivity contribution is 5.89. The van der Waals surface area contributed by atoms with Crippen molar-refractivity contribution < 1.29 is 9.59 Å². The van der Waals surface area contributed by atoms with Gasteiger partial charge in [0, 0.05) is 30.9 Å². The van der Waals surface area contributed by atoms with Crippen LogP contribution in [0.2, 0.25) is 0 Å². The molecule has 1 atom stereocenters. The maximum absolute atomic E-state index is 12.0. The van der Waals surface area contributed by atoms with Gasteiger partial charge >= 0.3 is 0 Å². The van der Waals surface area contributed by atoms with Gasteiger partial charge < -0.3 is 16.0 Å². The Morgan fingerprint density at radius 1 is 1.19 bits per heavy atom. The summed E-state index contributed by atoms with van der Waals surface area (Å²) in [6, 6.07) is 12.0. The van der Waals surface area contributed by atoms with E-state index in [0.29, 0.717) is 13.1 Å². The van der Waals surface area contributed by atoms with Gasteiger partial charge in [0.1, 0.15) is 0 Å². The number of unbranched alkanes of at least 4 members (excludes halogenated alkanes) is 1. The average Bonchev–Trinajstić information content (AvgIpc) is 3.13. The molecule has 3 N–H and O–H groups in total. The van der Waals surface area contributed by atoms with Crippen molar-refractivity contribution >= 4 is 23.2 Å². The van der Waals surface area contributed by atoms with E-state index in [0.717, 1.165) is 35.5 Å². The van der Waals surface area contributed by atoms with Gasteiger partial charge in [0.25, 0.3) is 0 Å². The molecule has 0 spiro atoms. The first-order chi connectivity index (χ1) is 13.1. The lowest BCUT2D eigenvalue weighted by molar-refractivity contribution is -0.126. The molecule has 27 heavy (non-hydrogen) atoms. The first-order valence-electron chi connectivity index (χ1n) is 9.49. The largest absolute Gasteiger partial charge is 0.355 e. The first kappa shape index (κ1) is 18.9. The summed E-state index contributed by atoms with van der Waals surface area (Å²) in [5.74, 6) is -0.394. The number of aryl methyl sites for hydroxylation is 1. The van der Waals surface area contributed by atoms with Crippen LogP contribution in [0.15, 0.2) is 42.6 Å². The second kappa shape index (κ2) is 9.16. The van der Waals surface area contributed by atoms with Gasteiger partial charge in [0.2, 0.25) is 11.8 Å². The minimum Gasteiger partial charge on any atom is -0.355 e. The SMILES string of the molecule is CCCCc1ccc(Nc2ccc(CNC(=O)C3CNC(=O)C3)cc2)cn1. The standard InChI is InChI=1S/C21H26N4O2/c1-2-3-4-17-9-10-19(14-22-17)25-18-7-5-15(6-8-18)12-24-21(27)16-11-20(26)23-13-16/h5-10,14,16,25H,2-4,11-13H2,1H3,(H,23,26)(H,24,27). The normalized spacial score (nSPS) is 16.0. The molecule has 6 nitrogen and oxygen atoms in total. The fourth-order valence-corrected chi connectivity index (χ4v) is 3.00. The molecule has 3 rings (SSSR count). The molecule has 2 amide bonds. The monoisotopic (exact) mass is 366 g/mol. The van der Waals surface area contributed by atoms with Crippen LogP contribution in [0.25, 0.3) is 0 Å². The molecule has 1 fully saturated rings. The molecule has 0 radical (unpaired) electrons. The molecule has 1 unspecified atom stereocenters. The summed E-state index contributed by atoms with van der Waals surface area (Å²) in [7, 11) is 0. The fourth-order valence-electron chi connectivity index (χ4n) is 3.00. The van der Waals surface area contributed by atoms with Crippen LogP contribution >= 0.6 is 0 Å². The van der Waals surface area contributed by atoms with Crippen molar-refractivity contribution in [1.82, 2.24) is 15.6 Å². The third-order valence-electron chi connectivity index (χ3n) is 4.67. The Kier molecular flexibility index (Phi) is 6.41. The van der Waals surface area contributed by atoms with Crippen molar-refractivity contribution in [2.45, 2.75) is 39.2 Å². The van der Waals surface area contributed by atoms with Gasteiger partial charge in [-0.2, -0.15) is 0 Å². The summed E-state index contributed by atoms with van der Waals surface area (Å²) >= 11 is 0. The summed E-state index contributed by atoms with van der Waals surface area (Å²) in [6.45, 7) is 3.06. The van der Waals surface area contributed by atoms with E-state index in [4.69, 9.17) is 0 Å². The topological polar surface area (TPSA) is 83.1 Å². The molecule has 2 heterocycles. The minimum atomic E-state index is -0.258. The van der Waals surface area contributed by atoms with E-state index < -0.39 is 0 Å². The number of hydrogen-bond acceptors (Lipinski definition) is 4. The Bertz CT molecular complexity index is 772. The van der Waals surface area contributed by atoms with Gasteiger partial charge in [-0.05, 0) is 42.7 Å². The second-order valence-electron chi connectivity index (χ2n) is 6.89. The number of nitrogens with zero attached hydrogens (tertiary/aromatic N) is 1. The Morgan fingerprint density at radius 2 is 1.96 bits per heavy atom. The van der Waals surface area contributed by atoms with Crippen LogP contribution in [0, 0.1) is 5.92 Å². The number of carbonyl (C=O) groups excluding carboxylic acids is 2. The Balaban J connectivity index is 1.48. The second-order valence-corrected chi connectivity index (χ2v) is 6.89. The van der Waals surface area contributed by atoms with E-state index in [9.17, 15) is 9.59 Å². The Hall–Kier alpha value is -2.89. The van der Waals surface area contributed by atoms with Crippen LogP contribution in [-0.4, -0.2) is 23.3 Å². The van der Waals surface area contributed by atoms with Crippen molar-refractivity contribution in [2.75, 3.05) is 11.9 Å². The van der Waals surface area contributed by atoms with Gasteiger partial charge in [-0.1, -0.05) is 25.5 Å². The quantitative estimate of drug-likeness (QED) is 0.671. The van der Waals surface area contributed by atoms with Crippen LogP contribution < -0.4 is 16.0 Å². The van der Waals surface area contributed by atoms with E-state index in [2.05, 4.69) is 33.9 Å². The number of pyridine rings is 1. The molecular formula is C21H26N4O2. The zero-order chi connectivity index (χ0) is 19.1. The summed E-state index contributed by atoms with van der Waals surface area (Å²) in [5, 5.41) is 8.90. The van der Waals surface area contributed by atoms with Crippen molar-refractivity contribution in [1.29, 1.82) is 0 Å². The molecule has 6 heteroatoms. The number of carbonyl (C=O) groups is 2. The van der Waals surface area contributed by atoms with E-state index in [1.165, 1.54) is 6.42 Å². The lowest BCUT2D eigenvalue weighted by Gasteiger charge is -2.11. The highest BCUT2D eigenvalue weighted by atomic mass is 16.2. The summed E-state index contributed by atoms with van der Waals surface area (Å²) in [6.07, 6.45) is 5.48. The first-order valence-corrected chi connectivity index (χ1v) is 9.49. The number of amides is 2. The zero-order valence-electron chi connectivity index (χ0n) is 15.6. The van der Waals surface area contributed by atoms with Crippen LogP contribution in [0.3, 0.4) is 0 Å². The maximum Gasteiger partial charge on any atom is 0.225 e. The number of rotatable bonds is 8. The molecule has 1 aliphatic heterocycles. The molecule has 0 bridgehead atoms. The van der Waals surface area contributed by atoms with E-state index in [-0.39, 0.29) is 24.2 Å². The van der Waals surface area contributed by atoms with Gasteiger partial charge in [0.05, 0.1) is 17.8 Å². The predicted octanol–water partition coefficient (Wildman–Crippen LogP) is 2.92. The number of benzene rings is 1. The number of hydrogen-bond donors (Lipinski definition) is 3. The van der Waals surface area contributed by atoms with Gasteiger partial charge in [-0.3, -0.25) is 14.6 Å². The van der Waals surface area contributed by atoms with E-state index in [1.54, 1.807) is 0 Å². The molecule has 142 valence electrons. The highest BCUT2D eigenvalue weighted by Gasteiger charge is 2.27. The Morgan fingerprint density at radius 3 is 2.59 bits per heavy atom. The molecule has 1 aromatic carbocycles. The lowest BCUT2D eigenvalue weighted by Crippen LogP contribution is -2.31. The summed E-state index contributed by atoms with van der Waals surface area (Å²) < 4.78 is 0.